The summed E-state index contributed by atoms with van der Waals surface area (Å²) in [6, 6.07) is 21.1. The van der Waals surface area contributed by atoms with Crippen molar-refractivity contribution in [1.82, 2.24) is 9.78 Å². The van der Waals surface area contributed by atoms with Crippen molar-refractivity contribution in [2.24, 2.45) is 0 Å². The van der Waals surface area contributed by atoms with Crippen molar-refractivity contribution in [3.05, 3.63) is 72.3 Å². The van der Waals surface area contributed by atoms with E-state index >= 15 is 0 Å². The average Bonchev–Trinajstić information content (AvgIpc) is 3.09. The third-order valence-corrected chi connectivity index (χ3v) is 4.21. The lowest BCUT2D eigenvalue weighted by molar-refractivity contribution is 0.915. The minimum absolute atomic E-state index is 0.570. The molecule has 6 nitrogen and oxygen atoms in total. The molecule has 0 amide bonds. The van der Waals surface area contributed by atoms with E-state index < -0.39 is 0 Å². The summed E-state index contributed by atoms with van der Waals surface area (Å²) in [5.74, 6) is 0.726. The van der Waals surface area contributed by atoms with Gasteiger partial charge in [-0.25, -0.2) is 4.68 Å². The van der Waals surface area contributed by atoms with Gasteiger partial charge in [0.25, 0.3) is 0 Å². The van der Waals surface area contributed by atoms with Gasteiger partial charge in [0.2, 0.25) is 0 Å². The minimum atomic E-state index is 0.570. The van der Waals surface area contributed by atoms with Gasteiger partial charge in [0.15, 0.2) is 5.82 Å². The fraction of sp³-hybridized carbons (Fsp3) is 0.0909. The van der Waals surface area contributed by atoms with E-state index in [9.17, 15) is 0 Å². The highest BCUT2D eigenvalue weighted by Crippen LogP contribution is 2.29. The van der Waals surface area contributed by atoms with Crippen LogP contribution in [0.15, 0.2) is 66.7 Å². The molecule has 3 aromatic carbocycles. The van der Waals surface area contributed by atoms with Gasteiger partial charge in [-0.3, -0.25) is 0 Å². The van der Waals surface area contributed by atoms with Crippen molar-refractivity contribution in [3.63, 3.8) is 0 Å². The lowest BCUT2D eigenvalue weighted by Crippen LogP contribution is -1.99. The first-order valence-electron chi connectivity index (χ1n) is 9.16. The predicted molar refractivity (Wildman–Crippen MR) is 119 cm³/mol. The Morgan fingerprint density at radius 2 is 1.75 bits per heavy atom. The summed E-state index contributed by atoms with van der Waals surface area (Å²) in [4.78, 5) is 0. The third-order valence-electron chi connectivity index (χ3n) is 4.21. The van der Waals surface area contributed by atoms with Crippen molar-refractivity contribution in [1.29, 1.82) is 5.41 Å². The Hall–Kier alpha value is -3.80. The topological polar surface area (TPSA) is 106 Å². The van der Waals surface area contributed by atoms with Crippen LogP contribution in [0.2, 0.25) is 0 Å². The molecule has 0 spiro atoms. The number of hydrogen-bond acceptors (Lipinski definition) is 5. The molecule has 1 aromatic heterocycles. The first kappa shape index (κ1) is 19.0. The predicted octanol–water partition coefficient (Wildman–Crippen LogP) is 4.96. The summed E-state index contributed by atoms with van der Waals surface area (Å²) >= 11 is 0. The van der Waals surface area contributed by atoms with Crippen LogP contribution in [0.5, 0.6) is 0 Å². The van der Waals surface area contributed by atoms with Gasteiger partial charge < -0.3 is 22.2 Å². The quantitative estimate of drug-likeness (QED) is 0.300. The van der Waals surface area contributed by atoms with E-state index in [1.165, 1.54) is 6.21 Å². The molecule has 0 fully saturated rings. The van der Waals surface area contributed by atoms with Crippen molar-refractivity contribution in [3.8, 4) is 5.69 Å². The Kier molecular flexibility index (Phi) is 5.60. The van der Waals surface area contributed by atoms with Crippen LogP contribution >= 0.6 is 0 Å². The largest absolute Gasteiger partial charge is 0.399 e. The van der Waals surface area contributed by atoms with Gasteiger partial charge in [0, 0.05) is 34.2 Å². The molecule has 4 aromatic rings. The molecule has 6 N–H and O–H groups in total. The second-order valence-corrected chi connectivity index (χ2v) is 5.99. The van der Waals surface area contributed by atoms with Crippen molar-refractivity contribution in [2.45, 2.75) is 13.8 Å². The lowest BCUT2D eigenvalue weighted by Gasteiger charge is -2.07. The van der Waals surface area contributed by atoms with Crippen LogP contribution in [-0.4, -0.2) is 16.0 Å². The van der Waals surface area contributed by atoms with E-state index in [4.69, 9.17) is 22.0 Å². The van der Waals surface area contributed by atoms with E-state index in [2.05, 4.69) is 5.32 Å². The first-order valence-corrected chi connectivity index (χ1v) is 9.16. The van der Waals surface area contributed by atoms with Crippen LogP contribution in [0.1, 0.15) is 19.4 Å². The molecule has 0 radical (unpaired) electrons. The zero-order valence-electron chi connectivity index (χ0n) is 16.0. The summed E-state index contributed by atoms with van der Waals surface area (Å²) in [6.07, 6.45) is 1.24. The smallest absolute Gasteiger partial charge is 0.160 e. The maximum atomic E-state index is 7.46. The summed E-state index contributed by atoms with van der Waals surface area (Å²) in [5.41, 5.74) is 16.4. The van der Waals surface area contributed by atoms with Gasteiger partial charge in [0.1, 0.15) is 0 Å². The number of nitrogen functional groups attached to an aromatic ring is 2. The summed E-state index contributed by atoms with van der Waals surface area (Å²) in [5, 5.41) is 16.5. The van der Waals surface area contributed by atoms with Crippen LogP contribution in [0, 0.1) is 5.41 Å². The molecule has 28 heavy (non-hydrogen) atoms. The fourth-order valence-corrected chi connectivity index (χ4v) is 2.93. The van der Waals surface area contributed by atoms with E-state index in [1.807, 2.05) is 79.2 Å². The number of anilines is 4. The van der Waals surface area contributed by atoms with Gasteiger partial charge in [-0.1, -0.05) is 32.0 Å². The Balaban J connectivity index is 0.00000109. The molecule has 0 unspecified atom stereocenters. The molecule has 0 saturated carbocycles. The second kappa shape index (κ2) is 8.26. The summed E-state index contributed by atoms with van der Waals surface area (Å²) < 4.78 is 1.86. The first-order chi connectivity index (χ1) is 13.7. The number of para-hydroxylation sites is 1. The molecule has 0 atom stereocenters. The molecular weight excluding hydrogens is 348 g/mol. The molecule has 0 aliphatic heterocycles. The van der Waals surface area contributed by atoms with Gasteiger partial charge in [-0.2, -0.15) is 0 Å². The molecule has 142 valence electrons. The zero-order chi connectivity index (χ0) is 20.1. The van der Waals surface area contributed by atoms with Crippen molar-refractivity contribution >= 4 is 40.0 Å². The zero-order valence-corrected chi connectivity index (χ0v) is 16.0. The number of benzene rings is 3. The SMILES string of the molecule is CC.N=Cc1cc(Nc2nn(-c3cccc(N)c3)c3ccccc23)ccc1N. The normalized spacial score (nSPS) is 10.2. The van der Waals surface area contributed by atoms with Crippen LogP contribution in [0.4, 0.5) is 22.9 Å². The molecule has 1 heterocycles. The molecule has 0 bridgehead atoms. The van der Waals surface area contributed by atoms with E-state index in [0.29, 0.717) is 16.9 Å². The molecule has 4 rings (SSSR count). The van der Waals surface area contributed by atoms with Gasteiger partial charge >= 0.3 is 0 Å². The van der Waals surface area contributed by atoms with E-state index in [1.54, 1.807) is 6.07 Å². The summed E-state index contributed by atoms with van der Waals surface area (Å²) in [7, 11) is 0. The van der Waals surface area contributed by atoms with Crippen LogP contribution in [-0.2, 0) is 0 Å². The highest BCUT2D eigenvalue weighted by atomic mass is 15.3. The summed E-state index contributed by atoms with van der Waals surface area (Å²) in [6.45, 7) is 4.00. The van der Waals surface area contributed by atoms with E-state index in [-0.39, 0.29) is 0 Å². The Morgan fingerprint density at radius 3 is 2.50 bits per heavy atom. The Morgan fingerprint density at radius 1 is 0.964 bits per heavy atom. The molecule has 0 aliphatic carbocycles. The average molecular weight is 372 g/mol. The maximum Gasteiger partial charge on any atom is 0.160 e. The highest BCUT2D eigenvalue weighted by Gasteiger charge is 2.12. The number of rotatable bonds is 4. The van der Waals surface area contributed by atoms with Crippen LogP contribution < -0.4 is 16.8 Å². The maximum absolute atomic E-state index is 7.46. The molecular formula is C22H24N6. The van der Waals surface area contributed by atoms with Gasteiger partial charge in [-0.05, 0) is 48.5 Å². The molecule has 0 saturated heterocycles. The van der Waals surface area contributed by atoms with Crippen molar-refractivity contribution < 1.29 is 0 Å². The Labute approximate surface area is 164 Å². The number of nitrogens with two attached hydrogens (primary N) is 2. The monoisotopic (exact) mass is 372 g/mol. The fourth-order valence-electron chi connectivity index (χ4n) is 2.93. The number of fused-ring (bicyclic) bond motifs is 1. The third kappa shape index (κ3) is 3.66. The number of nitrogens with one attached hydrogen (secondary N) is 2. The second-order valence-electron chi connectivity index (χ2n) is 5.99. The van der Waals surface area contributed by atoms with Gasteiger partial charge in [0.05, 0.1) is 11.2 Å². The lowest BCUT2D eigenvalue weighted by atomic mass is 10.1. The Bertz CT molecular complexity index is 1110. The standard InChI is InChI=1S/C20H18N6.C2H6/c21-12-13-10-15(8-9-18(13)23)24-20-17-6-1-2-7-19(17)26(25-20)16-5-3-4-14(22)11-16;1-2/h1-12,21H,22-23H2,(H,24,25);1-2H3. The van der Waals surface area contributed by atoms with Gasteiger partial charge in [-0.15, -0.1) is 5.10 Å². The van der Waals surface area contributed by atoms with E-state index in [0.717, 1.165) is 28.1 Å². The number of nitrogens with zero attached hydrogens (tertiary/aromatic N) is 2. The van der Waals surface area contributed by atoms with Crippen molar-refractivity contribution in [2.75, 3.05) is 16.8 Å². The molecule has 6 heteroatoms. The minimum Gasteiger partial charge on any atom is -0.399 e. The number of hydrogen-bond donors (Lipinski definition) is 4. The highest BCUT2D eigenvalue weighted by molar-refractivity contribution is 5.94. The molecule has 0 aliphatic rings. The number of aromatic nitrogens is 2. The van der Waals surface area contributed by atoms with Crippen LogP contribution in [0.3, 0.4) is 0 Å². The van der Waals surface area contributed by atoms with Crippen LogP contribution in [0.25, 0.3) is 16.6 Å².